The van der Waals surface area contributed by atoms with Gasteiger partial charge in [0.1, 0.15) is 11.8 Å². The van der Waals surface area contributed by atoms with E-state index < -0.39 is 12.1 Å². The van der Waals surface area contributed by atoms with Crippen molar-refractivity contribution < 1.29 is 14.3 Å². The van der Waals surface area contributed by atoms with E-state index in [9.17, 15) is 9.59 Å². The molecule has 1 N–H and O–H groups in total. The van der Waals surface area contributed by atoms with Crippen LogP contribution in [0.1, 0.15) is 12.5 Å². The fourth-order valence-electron chi connectivity index (χ4n) is 2.98. The van der Waals surface area contributed by atoms with Crippen LogP contribution in [0.4, 0.5) is 5.69 Å². The monoisotopic (exact) mass is 324 g/mol. The molecule has 0 bridgehead atoms. The zero-order valence-corrected chi connectivity index (χ0v) is 13.7. The average Bonchev–Trinajstić information content (AvgIpc) is 3.00. The Bertz CT molecular complexity index is 745. The van der Waals surface area contributed by atoms with Gasteiger partial charge in [-0.25, -0.2) is 0 Å². The number of amides is 2. The van der Waals surface area contributed by atoms with Crippen LogP contribution in [0, 0.1) is 0 Å². The van der Waals surface area contributed by atoms with Crippen molar-refractivity contribution in [1.29, 1.82) is 0 Å². The van der Waals surface area contributed by atoms with Gasteiger partial charge in [-0.15, -0.1) is 0 Å². The van der Waals surface area contributed by atoms with E-state index in [0.29, 0.717) is 12.2 Å². The number of carbonyl (C=O) groups excluding carboxylic acids is 2. The van der Waals surface area contributed by atoms with E-state index in [1.54, 1.807) is 31.0 Å². The van der Waals surface area contributed by atoms with E-state index >= 15 is 0 Å². The Morgan fingerprint density at radius 1 is 1.12 bits per heavy atom. The second kappa shape index (κ2) is 6.74. The fourth-order valence-corrected chi connectivity index (χ4v) is 2.98. The minimum absolute atomic E-state index is 0.175. The quantitative estimate of drug-likeness (QED) is 0.937. The molecular weight excluding hydrogens is 304 g/mol. The number of hydrogen-bond donors (Lipinski definition) is 1. The SMILES string of the molecule is CNC(=O)C1Cc2ccccc2N1C(=O)C(C)Oc1ccccc1. The Morgan fingerprint density at radius 3 is 2.50 bits per heavy atom. The van der Waals surface area contributed by atoms with Crippen molar-refractivity contribution in [2.45, 2.75) is 25.5 Å². The minimum atomic E-state index is -0.689. The van der Waals surface area contributed by atoms with Gasteiger partial charge in [0.2, 0.25) is 5.91 Å². The summed E-state index contributed by atoms with van der Waals surface area (Å²) in [5, 5.41) is 2.64. The zero-order valence-electron chi connectivity index (χ0n) is 13.7. The van der Waals surface area contributed by atoms with Crippen LogP contribution in [0.3, 0.4) is 0 Å². The van der Waals surface area contributed by atoms with Crippen LogP contribution in [-0.4, -0.2) is 31.0 Å². The lowest BCUT2D eigenvalue weighted by molar-refractivity contribution is -0.129. The van der Waals surface area contributed by atoms with Crippen LogP contribution >= 0.6 is 0 Å². The number of likely N-dealkylation sites (N-methyl/N-ethyl adjacent to an activating group) is 1. The van der Waals surface area contributed by atoms with Crippen molar-refractivity contribution in [2.75, 3.05) is 11.9 Å². The molecule has 3 rings (SSSR count). The second-order valence-corrected chi connectivity index (χ2v) is 5.74. The molecule has 2 atom stereocenters. The van der Waals surface area contributed by atoms with Gasteiger partial charge in [0.05, 0.1) is 0 Å². The summed E-state index contributed by atoms with van der Waals surface area (Å²) in [4.78, 5) is 26.8. The highest BCUT2D eigenvalue weighted by Gasteiger charge is 2.39. The number of benzene rings is 2. The first-order chi connectivity index (χ1) is 11.6. The predicted octanol–water partition coefficient (Wildman–Crippen LogP) is 2.16. The molecule has 5 nitrogen and oxygen atoms in total. The molecule has 2 amide bonds. The van der Waals surface area contributed by atoms with Crippen molar-refractivity contribution in [3.05, 3.63) is 60.2 Å². The molecular formula is C19H20N2O3. The largest absolute Gasteiger partial charge is 0.481 e. The Morgan fingerprint density at radius 2 is 1.79 bits per heavy atom. The van der Waals surface area contributed by atoms with Crippen LogP contribution in [0.15, 0.2) is 54.6 Å². The van der Waals surface area contributed by atoms with Crippen molar-refractivity contribution >= 4 is 17.5 Å². The number of fused-ring (bicyclic) bond motifs is 1. The van der Waals surface area contributed by atoms with Crippen molar-refractivity contribution in [1.82, 2.24) is 5.32 Å². The number of hydrogen-bond acceptors (Lipinski definition) is 3. The van der Waals surface area contributed by atoms with Gasteiger partial charge in [-0.05, 0) is 30.7 Å². The molecule has 2 aromatic carbocycles. The van der Waals surface area contributed by atoms with Crippen LogP contribution in [0.5, 0.6) is 5.75 Å². The Kier molecular flexibility index (Phi) is 4.51. The number of nitrogens with zero attached hydrogens (tertiary/aromatic N) is 1. The predicted molar refractivity (Wildman–Crippen MR) is 92.0 cm³/mol. The molecule has 0 saturated carbocycles. The molecule has 5 heteroatoms. The molecule has 1 aliphatic heterocycles. The maximum absolute atomic E-state index is 13.0. The van der Waals surface area contributed by atoms with Crippen LogP contribution in [0.2, 0.25) is 0 Å². The van der Waals surface area contributed by atoms with E-state index in [4.69, 9.17) is 4.74 Å². The molecule has 2 aromatic rings. The summed E-state index contributed by atoms with van der Waals surface area (Å²) in [5.74, 6) is 0.228. The maximum Gasteiger partial charge on any atom is 0.268 e. The lowest BCUT2D eigenvalue weighted by atomic mass is 10.1. The van der Waals surface area contributed by atoms with Gasteiger partial charge in [0, 0.05) is 19.2 Å². The third kappa shape index (κ3) is 2.97. The number of para-hydroxylation sites is 2. The fraction of sp³-hybridized carbons (Fsp3) is 0.263. The Labute approximate surface area is 141 Å². The number of carbonyl (C=O) groups is 2. The summed E-state index contributed by atoms with van der Waals surface area (Å²) < 4.78 is 5.74. The minimum Gasteiger partial charge on any atom is -0.481 e. The third-order valence-electron chi connectivity index (χ3n) is 4.17. The lowest BCUT2D eigenvalue weighted by Gasteiger charge is -2.27. The summed E-state index contributed by atoms with van der Waals surface area (Å²) >= 11 is 0. The van der Waals surface area contributed by atoms with Gasteiger partial charge in [-0.1, -0.05) is 36.4 Å². The highest BCUT2D eigenvalue weighted by Crippen LogP contribution is 2.33. The molecule has 24 heavy (non-hydrogen) atoms. The van der Waals surface area contributed by atoms with Gasteiger partial charge in [-0.2, -0.15) is 0 Å². The van der Waals surface area contributed by atoms with Crippen LogP contribution in [0.25, 0.3) is 0 Å². The smallest absolute Gasteiger partial charge is 0.268 e. The first-order valence-corrected chi connectivity index (χ1v) is 7.96. The topological polar surface area (TPSA) is 58.6 Å². The molecule has 2 unspecified atom stereocenters. The third-order valence-corrected chi connectivity index (χ3v) is 4.17. The lowest BCUT2D eigenvalue weighted by Crippen LogP contribution is -2.51. The van der Waals surface area contributed by atoms with Crippen molar-refractivity contribution in [2.24, 2.45) is 0 Å². The molecule has 0 saturated heterocycles. The normalized spacial score (nSPS) is 17.1. The summed E-state index contributed by atoms with van der Waals surface area (Å²) in [6.07, 6.45) is -0.176. The van der Waals surface area contributed by atoms with E-state index in [1.165, 1.54) is 0 Å². The van der Waals surface area contributed by atoms with E-state index in [1.807, 2.05) is 42.5 Å². The molecule has 0 fully saturated rings. The standard InChI is InChI=1S/C19H20N2O3/c1-13(24-15-9-4-3-5-10-15)19(23)21-16-11-7-6-8-14(16)12-17(21)18(22)20-2/h3-11,13,17H,12H2,1-2H3,(H,20,22). The van der Waals surface area contributed by atoms with Crippen molar-refractivity contribution in [3.63, 3.8) is 0 Å². The van der Waals surface area contributed by atoms with E-state index in [0.717, 1.165) is 11.3 Å². The first kappa shape index (κ1) is 16.1. The van der Waals surface area contributed by atoms with E-state index in [2.05, 4.69) is 5.32 Å². The highest BCUT2D eigenvalue weighted by molar-refractivity contribution is 6.05. The van der Waals surface area contributed by atoms with Gasteiger partial charge in [0.25, 0.3) is 5.91 Å². The average molecular weight is 324 g/mol. The molecule has 1 heterocycles. The molecule has 1 aliphatic rings. The summed E-state index contributed by atoms with van der Waals surface area (Å²) in [5.41, 5.74) is 1.77. The van der Waals surface area contributed by atoms with E-state index in [-0.39, 0.29) is 11.8 Å². The number of rotatable bonds is 4. The van der Waals surface area contributed by atoms with Crippen LogP contribution in [-0.2, 0) is 16.0 Å². The van der Waals surface area contributed by atoms with Gasteiger partial charge in [-0.3, -0.25) is 14.5 Å². The Balaban J connectivity index is 1.86. The van der Waals surface area contributed by atoms with Crippen molar-refractivity contribution in [3.8, 4) is 5.75 Å². The first-order valence-electron chi connectivity index (χ1n) is 7.96. The molecule has 0 spiro atoms. The number of ether oxygens (including phenoxy) is 1. The highest BCUT2D eigenvalue weighted by atomic mass is 16.5. The number of nitrogens with one attached hydrogen (secondary N) is 1. The Hall–Kier alpha value is -2.82. The van der Waals surface area contributed by atoms with Gasteiger partial charge < -0.3 is 10.1 Å². The molecule has 0 aliphatic carbocycles. The van der Waals surface area contributed by atoms with Crippen LogP contribution < -0.4 is 15.0 Å². The van der Waals surface area contributed by atoms with Gasteiger partial charge in [0.15, 0.2) is 6.10 Å². The maximum atomic E-state index is 13.0. The summed E-state index contributed by atoms with van der Waals surface area (Å²) in [6, 6.07) is 16.3. The second-order valence-electron chi connectivity index (χ2n) is 5.74. The summed E-state index contributed by atoms with van der Waals surface area (Å²) in [6.45, 7) is 1.71. The number of anilines is 1. The summed E-state index contributed by atoms with van der Waals surface area (Å²) in [7, 11) is 1.58. The zero-order chi connectivity index (χ0) is 17.1. The molecule has 124 valence electrons. The molecule has 0 aromatic heterocycles. The molecule has 0 radical (unpaired) electrons. The van der Waals surface area contributed by atoms with Gasteiger partial charge >= 0.3 is 0 Å².